The quantitative estimate of drug-likeness (QED) is 0.520. The van der Waals surface area contributed by atoms with Gasteiger partial charge in [-0.05, 0) is 47.4 Å². The number of hydrogen-bond donors (Lipinski definition) is 1. The molecule has 0 aliphatic rings. The third-order valence-corrected chi connectivity index (χ3v) is 6.18. The predicted molar refractivity (Wildman–Crippen MR) is 120 cm³/mol. The van der Waals surface area contributed by atoms with Crippen molar-refractivity contribution in [2.75, 3.05) is 4.72 Å². The van der Waals surface area contributed by atoms with E-state index in [9.17, 15) is 8.42 Å². The molecule has 28 heavy (non-hydrogen) atoms. The summed E-state index contributed by atoms with van der Waals surface area (Å²) in [7, 11) is -3.60. The summed E-state index contributed by atoms with van der Waals surface area (Å²) in [6.45, 7) is 2.14. The minimum atomic E-state index is -3.60. The molecule has 3 rings (SSSR count). The molecule has 0 saturated heterocycles. The van der Waals surface area contributed by atoms with E-state index in [2.05, 4.69) is 35.9 Å². The van der Waals surface area contributed by atoms with Gasteiger partial charge in [0.05, 0.1) is 4.90 Å². The molecule has 5 heteroatoms. The summed E-state index contributed by atoms with van der Waals surface area (Å²) >= 11 is 5.54. The number of anilines is 1. The van der Waals surface area contributed by atoms with Gasteiger partial charge in [-0.25, -0.2) is 8.42 Å². The van der Waals surface area contributed by atoms with Gasteiger partial charge >= 0.3 is 0 Å². The molecule has 3 aromatic carbocycles. The van der Waals surface area contributed by atoms with E-state index in [-0.39, 0.29) is 4.90 Å². The van der Waals surface area contributed by atoms with Gasteiger partial charge in [-0.3, -0.25) is 4.72 Å². The molecule has 0 amide bonds. The van der Waals surface area contributed by atoms with Crippen LogP contribution in [-0.4, -0.2) is 13.3 Å². The minimum Gasteiger partial charge on any atom is -0.280 e. The van der Waals surface area contributed by atoms with Crippen molar-refractivity contribution in [1.82, 2.24) is 0 Å². The smallest absolute Gasteiger partial charge is 0.261 e. The average molecular weight is 410 g/mol. The zero-order chi connectivity index (χ0) is 20.0. The second-order valence-electron chi connectivity index (χ2n) is 6.68. The molecule has 0 spiro atoms. The van der Waals surface area contributed by atoms with Crippen LogP contribution in [0.15, 0.2) is 83.8 Å². The number of thiocarbonyl (C=S) groups is 1. The molecule has 0 atom stereocenters. The van der Waals surface area contributed by atoms with Crippen LogP contribution in [-0.2, 0) is 29.3 Å². The first-order chi connectivity index (χ1) is 13.5. The van der Waals surface area contributed by atoms with Crippen molar-refractivity contribution >= 4 is 32.8 Å². The number of nitrogens with one attached hydrogen (secondary N) is 1. The summed E-state index contributed by atoms with van der Waals surface area (Å²) in [5.41, 5.74) is 4.07. The second kappa shape index (κ2) is 9.13. The van der Waals surface area contributed by atoms with Crippen molar-refractivity contribution in [3.8, 4) is 0 Å². The Hall–Kier alpha value is -2.50. The van der Waals surface area contributed by atoms with Crippen LogP contribution in [0.25, 0.3) is 0 Å². The predicted octanol–water partition coefficient (Wildman–Crippen LogP) is 5.20. The number of para-hydroxylation sites is 1. The van der Waals surface area contributed by atoms with Crippen molar-refractivity contribution in [3.05, 3.63) is 95.6 Å². The van der Waals surface area contributed by atoms with E-state index in [1.807, 2.05) is 18.2 Å². The first-order valence-corrected chi connectivity index (χ1v) is 11.1. The lowest BCUT2D eigenvalue weighted by Crippen LogP contribution is -2.13. The Bertz CT molecular complexity index is 1030. The number of hydrogen-bond acceptors (Lipinski definition) is 3. The molecule has 0 aliphatic carbocycles. The van der Waals surface area contributed by atoms with E-state index in [0.717, 1.165) is 23.3 Å². The van der Waals surface area contributed by atoms with E-state index in [1.165, 1.54) is 11.1 Å². The lowest BCUT2D eigenvalue weighted by Gasteiger charge is -2.09. The topological polar surface area (TPSA) is 46.2 Å². The molecule has 144 valence electrons. The molecule has 0 heterocycles. The average Bonchev–Trinajstić information content (AvgIpc) is 2.69. The summed E-state index contributed by atoms with van der Waals surface area (Å²) in [4.78, 5) is 1.17. The van der Waals surface area contributed by atoms with Crippen molar-refractivity contribution < 1.29 is 8.42 Å². The minimum absolute atomic E-state index is 0.237. The first kappa shape index (κ1) is 20.2. The summed E-state index contributed by atoms with van der Waals surface area (Å²) < 4.78 is 27.6. The maximum atomic E-state index is 12.5. The highest BCUT2D eigenvalue weighted by Crippen LogP contribution is 2.17. The second-order valence-corrected chi connectivity index (χ2v) is 8.94. The summed E-state index contributed by atoms with van der Waals surface area (Å²) in [5, 5.41) is 0. The van der Waals surface area contributed by atoms with Crippen LogP contribution in [0.3, 0.4) is 0 Å². The Balaban J connectivity index is 1.62. The van der Waals surface area contributed by atoms with Crippen molar-refractivity contribution in [2.24, 2.45) is 0 Å². The summed E-state index contributed by atoms with van der Waals surface area (Å²) in [5.74, 6) is 0. The van der Waals surface area contributed by atoms with Gasteiger partial charge in [0, 0.05) is 23.4 Å². The van der Waals surface area contributed by atoms with Gasteiger partial charge in [-0.1, -0.05) is 73.7 Å². The molecular formula is C23H23NO2S2. The maximum Gasteiger partial charge on any atom is 0.261 e. The van der Waals surface area contributed by atoms with Crippen LogP contribution < -0.4 is 4.72 Å². The van der Waals surface area contributed by atoms with Gasteiger partial charge in [-0.2, -0.15) is 0 Å². The molecule has 3 nitrogen and oxygen atoms in total. The van der Waals surface area contributed by atoms with Crippen molar-refractivity contribution in [1.29, 1.82) is 0 Å². The van der Waals surface area contributed by atoms with Gasteiger partial charge in [0.1, 0.15) is 0 Å². The third kappa shape index (κ3) is 5.50. The Morgan fingerprint density at radius 2 is 1.29 bits per heavy atom. The normalized spacial score (nSPS) is 11.2. The largest absolute Gasteiger partial charge is 0.280 e. The molecular weight excluding hydrogens is 386 g/mol. The van der Waals surface area contributed by atoms with Crippen LogP contribution in [0.4, 0.5) is 5.69 Å². The van der Waals surface area contributed by atoms with Crippen LogP contribution >= 0.6 is 12.2 Å². The van der Waals surface area contributed by atoms with Gasteiger partial charge < -0.3 is 0 Å². The van der Waals surface area contributed by atoms with Crippen molar-refractivity contribution in [3.63, 3.8) is 0 Å². The van der Waals surface area contributed by atoms with Crippen molar-refractivity contribution in [2.45, 2.75) is 31.1 Å². The van der Waals surface area contributed by atoms with Gasteiger partial charge in [-0.15, -0.1) is 0 Å². The van der Waals surface area contributed by atoms with Gasteiger partial charge in [0.15, 0.2) is 0 Å². The lowest BCUT2D eigenvalue weighted by molar-refractivity contribution is 0.601. The summed E-state index contributed by atoms with van der Waals surface area (Å²) in [6, 6.07) is 24.3. The van der Waals surface area contributed by atoms with Crippen LogP contribution in [0.5, 0.6) is 0 Å². The lowest BCUT2D eigenvalue weighted by atomic mass is 10.0. The Kier molecular flexibility index (Phi) is 6.60. The molecule has 0 fully saturated rings. The molecule has 0 unspecified atom stereocenters. The fourth-order valence-corrected chi connectivity index (χ4v) is 4.31. The van der Waals surface area contributed by atoms with Gasteiger partial charge in [0.25, 0.3) is 10.0 Å². The highest BCUT2D eigenvalue weighted by Gasteiger charge is 2.14. The third-order valence-electron chi connectivity index (χ3n) is 4.49. The zero-order valence-electron chi connectivity index (χ0n) is 15.8. The number of aryl methyl sites for hydroxylation is 1. The fourth-order valence-electron chi connectivity index (χ4n) is 2.92. The van der Waals surface area contributed by atoms with Crippen LogP contribution in [0.1, 0.15) is 23.6 Å². The highest BCUT2D eigenvalue weighted by molar-refractivity contribution is 7.92. The van der Waals surface area contributed by atoms with Crippen LogP contribution in [0, 0.1) is 0 Å². The van der Waals surface area contributed by atoms with E-state index >= 15 is 0 Å². The molecule has 0 radical (unpaired) electrons. The molecule has 1 N–H and O–H groups in total. The van der Waals surface area contributed by atoms with Gasteiger partial charge in [0.2, 0.25) is 0 Å². The number of sulfonamides is 1. The molecule has 0 bridgehead atoms. The SMILES string of the molecule is CCc1ccc(CC(=S)Cc2ccc(S(=O)(=O)Nc3ccccc3)cc2)cc1. The van der Waals surface area contributed by atoms with E-state index in [0.29, 0.717) is 12.1 Å². The zero-order valence-corrected chi connectivity index (χ0v) is 17.4. The highest BCUT2D eigenvalue weighted by atomic mass is 32.2. The van der Waals surface area contributed by atoms with E-state index < -0.39 is 10.0 Å². The molecule has 3 aromatic rings. The van der Waals surface area contributed by atoms with Crippen LogP contribution in [0.2, 0.25) is 0 Å². The Morgan fingerprint density at radius 1 is 0.786 bits per heavy atom. The van der Waals surface area contributed by atoms with E-state index in [1.54, 1.807) is 36.4 Å². The molecule has 0 aromatic heterocycles. The Morgan fingerprint density at radius 3 is 1.82 bits per heavy atom. The number of rotatable bonds is 8. The maximum absolute atomic E-state index is 12.5. The summed E-state index contributed by atoms with van der Waals surface area (Å²) in [6.07, 6.45) is 2.42. The monoisotopic (exact) mass is 409 g/mol. The Labute approximate surface area is 172 Å². The first-order valence-electron chi connectivity index (χ1n) is 9.22. The van der Waals surface area contributed by atoms with E-state index in [4.69, 9.17) is 12.2 Å². The molecule has 0 saturated carbocycles. The number of benzene rings is 3. The standard InChI is InChI=1S/C23H23NO2S2/c1-2-18-8-10-19(11-9-18)16-22(27)17-20-12-14-23(15-13-20)28(25,26)24-21-6-4-3-5-7-21/h3-15,24H,2,16-17H2,1H3. The molecule has 0 aliphatic heterocycles. The fraction of sp³-hybridized carbons (Fsp3) is 0.174.